The third-order valence-electron chi connectivity index (χ3n) is 4.94. The largest absolute Gasteiger partial charge is 0.380 e. The Labute approximate surface area is 200 Å². The van der Waals surface area contributed by atoms with E-state index in [2.05, 4.69) is 9.71 Å². The van der Waals surface area contributed by atoms with Gasteiger partial charge in [0, 0.05) is 24.4 Å². The van der Waals surface area contributed by atoms with Gasteiger partial charge in [0.05, 0.1) is 21.7 Å². The van der Waals surface area contributed by atoms with Crippen LogP contribution in [0.3, 0.4) is 0 Å². The topological polar surface area (TPSA) is 89.8 Å². The molecule has 10 heteroatoms. The minimum absolute atomic E-state index is 0.142. The van der Waals surface area contributed by atoms with E-state index in [0.29, 0.717) is 40.5 Å². The van der Waals surface area contributed by atoms with Gasteiger partial charge in [-0.25, -0.2) is 12.8 Å². The van der Waals surface area contributed by atoms with Gasteiger partial charge < -0.3 is 9.30 Å². The van der Waals surface area contributed by atoms with Crippen LogP contribution < -0.4 is 9.52 Å². The molecule has 0 saturated carbocycles. The summed E-state index contributed by atoms with van der Waals surface area (Å²) in [5.41, 5.74) is 1.38. The van der Waals surface area contributed by atoms with Crippen molar-refractivity contribution in [2.24, 2.45) is 4.99 Å². The maximum atomic E-state index is 13.7. The van der Waals surface area contributed by atoms with Crippen molar-refractivity contribution in [2.45, 2.75) is 18.4 Å². The van der Waals surface area contributed by atoms with Gasteiger partial charge in [-0.3, -0.25) is 9.52 Å². The Hall–Kier alpha value is -3.34. The van der Waals surface area contributed by atoms with Gasteiger partial charge in [0.25, 0.3) is 15.9 Å². The minimum atomic E-state index is -3.73. The van der Waals surface area contributed by atoms with Crippen LogP contribution in [0, 0.1) is 5.82 Å². The van der Waals surface area contributed by atoms with E-state index in [1.165, 1.54) is 59.9 Å². The van der Waals surface area contributed by atoms with Gasteiger partial charge in [0.1, 0.15) is 5.82 Å². The number of ether oxygens (including phenoxy) is 1. The lowest BCUT2D eigenvalue weighted by Crippen LogP contribution is -2.19. The van der Waals surface area contributed by atoms with Crippen LogP contribution in [0.4, 0.5) is 10.1 Å². The Balaban J connectivity index is 1.60. The molecule has 1 heterocycles. The maximum absolute atomic E-state index is 13.7. The molecule has 4 aromatic rings. The summed E-state index contributed by atoms with van der Waals surface area (Å²) in [6, 6.07) is 18.5. The summed E-state index contributed by atoms with van der Waals surface area (Å²) < 4.78 is 49.1. The van der Waals surface area contributed by atoms with Gasteiger partial charge in [-0.2, -0.15) is 4.99 Å². The number of hydrogen-bond donors (Lipinski definition) is 1. The molecule has 7 nitrogen and oxygen atoms in total. The predicted octanol–water partition coefficient (Wildman–Crippen LogP) is 4.42. The normalized spacial score (nSPS) is 12.2. The zero-order valence-electron chi connectivity index (χ0n) is 18.3. The number of sulfonamides is 1. The summed E-state index contributed by atoms with van der Waals surface area (Å²) in [5, 5.41) is 0. The molecule has 1 aromatic heterocycles. The highest BCUT2D eigenvalue weighted by Gasteiger charge is 2.14. The summed E-state index contributed by atoms with van der Waals surface area (Å²) in [6.45, 7) is 3.34. The molecule has 0 radical (unpaired) electrons. The molecule has 0 saturated heterocycles. The Morgan fingerprint density at radius 1 is 1.09 bits per heavy atom. The van der Waals surface area contributed by atoms with E-state index in [0.717, 1.165) is 5.52 Å². The third-order valence-corrected chi connectivity index (χ3v) is 7.38. The van der Waals surface area contributed by atoms with E-state index < -0.39 is 15.9 Å². The Morgan fingerprint density at radius 2 is 1.82 bits per heavy atom. The number of carbonyl (C=O) groups excluding carboxylic acids is 1. The number of carbonyl (C=O) groups is 1. The van der Waals surface area contributed by atoms with E-state index in [-0.39, 0.29) is 10.7 Å². The first kappa shape index (κ1) is 23.8. The van der Waals surface area contributed by atoms with Crippen molar-refractivity contribution in [1.82, 2.24) is 4.57 Å². The molecule has 1 N–H and O–H groups in total. The highest BCUT2D eigenvalue weighted by atomic mass is 32.2. The summed E-state index contributed by atoms with van der Waals surface area (Å²) in [4.78, 5) is 17.7. The lowest BCUT2D eigenvalue weighted by atomic mass is 10.2. The molecule has 0 unspecified atom stereocenters. The molecular weight excluding hydrogens is 477 g/mol. The fourth-order valence-electron chi connectivity index (χ4n) is 3.29. The molecule has 0 spiro atoms. The summed E-state index contributed by atoms with van der Waals surface area (Å²) in [5.74, 6) is -0.855. The first-order chi connectivity index (χ1) is 16.4. The number of nitrogens with one attached hydrogen (secondary N) is 1. The Kier molecular flexibility index (Phi) is 7.20. The van der Waals surface area contributed by atoms with E-state index in [9.17, 15) is 17.6 Å². The first-order valence-corrected chi connectivity index (χ1v) is 12.8. The van der Waals surface area contributed by atoms with E-state index in [1.54, 1.807) is 24.3 Å². The fourth-order valence-corrected chi connectivity index (χ4v) is 5.45. The average molecular weight is 500 g/mol. The number of nitrogens with zero attached hydrogens (tertiary/aromatic N) is 2. The smallest absolute Gasteiger partial charge is 0.279 e. The van der Waals surface area contributed by atoms with Gasteiger partial charge >= 0.3 is 0 Å². The van der Waals surface area contributed by atoms with Gasteiger partial charge in [0.2, 0.25) is 0 Å². The van der Waals surface area contributed by atoms with Crippen molar-refractivity contribution < 1.29 is 22.3 Å². The number of hydrogen-bond acceptors (Lipinski definition) is 5. The number of anilines is 1. The van der Waals surface area contributed by atoms with Crippen LogP contribution >= 0.6 is 11.3 Å². The summed E-state index contributed by atoms with van der Waals surface area (Å²) >= 11 is 1.22. The van der Waals surface area contributed by atoms with Crippen LogP contribution in [0.1, 0.15) is 17.3 Å². The van der Waals surface area contributed by atoms with Crippen LogP contribution in [0.25, 0.3) is 10.2 Å². The van der Waals surface area contributed by atoms with Crippen LogP contribution in [0.15, 0.2) is 82.7 Å². The molecule has 0 atom stereocenters. The summed E-state index contributed by atoms with van der Waals surface area (Å²) in [7, 11) is -3.73. The van der Waals surface area contributed by atoms with Gasteiger partial charge in [-0.15, -0.1) is 0 Å². The van der Waals surface area contributed by atoms with Crippen molar-refractivity contribution >= 4 is 43.2 Å². The molecule has 176 valence electrons. The molecule has 0 fully saturated rings. The lowest BCUT2D eigenvalue weighted by Gasteiger charge is -2.08. The van der Waals surface area contributed by atoms with Crippen molar-refractivity contribution in [3.8, 4) is 0 Å². The zero-order chi connectivity index (χ0) is 24.1. The maximum Gasteiger partial charge on any atom is 0.279 e. The molecular formula is C24H22FN3O4S2. The molecule has 3 aromatic carbocycles. The van der Waals surface area contributed by atoms with Gasteiger partial charge in [-0.1, -0.05) is 29.5 Å². The molecule has 0 aliphatic carbocycles. The quantitative estimate of drug-likeness (QED) is 0.364. The van der Waals surface area contributed by atoms with E-state index in [4.69, 9.17) is 4.74 Å². The highest BCUT2D eigenvalue weighted by Crippen LogP contribution is 2.20. The van der Waals surface area contributed by atoms with Gasteiger partial charge in [0.15, 0.2) is 4.80 Å². The Morgan fingerprint density at radius 3 is 2.53 bits per heavy atom. The monoisotopic (exact) mass is 499 g/mol. The second-order valence-electron chi connectivity index (χ2n) is 7.26. The molecule has 0 aliphatic rings. The van der Waals surface area contributed by atoms with Crippen molar-refractivity contribution in [1.29, 1.82) is 0 Å². The van der Waals surface area contributed by atoms with Crippen molar-refractivity contribution in [3.63, 3.8) is 0 Å². The van der Waals surface area contributed by atoms with E-state index >= 15 is 0 Å². The first-order valence-electron chi connectivity index (χ1n) is 10.5. The second-order valence-corrected chi connectivity index (χ2v) is 9.95. The average Bonchev–Trinajstić information content (AvgIpc) is 3.16. The number of amides is 1. The lowest BCUT2D eigenvalue weighted by molar-refractivity contribution is 0.0996. The molecule has 0 bridgehead atoms. The van der Waals surface area contributed by atoms with Crippen molar-refractivity contribution in [2.75, 3.05) is 17.9 Å². The van der Waals surface area contributed by atoms with Crippen LogP contribution in [-0.2, 0) is 21.3 Å². The van der Waals surface area contributed by atoms with Gasteiger partial charge in [-0.05, 0) is 61.5 Å². The predicted molar refractivity (Wildman–Crippen MR) is 130 cm³/mol. The molecule has 1 amide bonds. The molecule has 4 rings (SSSR count). The van der Waals surface area contributed by atoms with Crippen LogP contribution in [0.2, 0.25) is 0 Å². The Bertz CT molecular complexity index is 1480. The minimum Gasteiger partial charge on any atom is -0.380 e. The SMILES string of the molecule is CCOCCn1c(=NC(=O)c2ccc(NS(=O)(=O)c3ccccc3)cc2)sc2cc(F)ccc21. The van der Waals surface area contributed by atoms with Crippen LogP contribution in [0.5, 0.6) is 0 Å². The zero-order valence-corrected chi connectivity index (χ0v) is 19.9. The number of aromatic nitrogens is 1. The molecule has 0 aliphatic heterocycles. The number of benzene rings is 3. The third kappa shape index (κ3) is 5.41. The number of thiazole rings is 1. The van der Waals surface area contributed by atoms with Crippen LogP contribution in [-0.4, -0.2) is 32.1 Å². The highest BCUT2D eigenvalue weighted by molar-refractivity contribution is 7.92. The summed E-state index contributed by atoms with van der Waals surface area (Å²) in [6.07, 6.45) is 0. The second kappa shape index (κ2) is 10.3. The number of halogens is 1. The molecule has 34 heavy (non-hydrogen) atoms. The van der Waals surface area contributed by atoms with Crippen molar-refractivity contribution in [3.05, 3.63) is 89.0 Å². The standard InChI is InChI=1S/C24H22FN3O4S2/c1-2-32-15-14-28-21-13-10-18(25)16-22(21)33-24(28)26-23(29)17-8-11-19(12-9-17)27-34(30,31)20-6-4-3-5-7-20/h3-13,16,27H,2,14-15H2,1H3. The fraction of sp³-hybridized carbons (Fsp3) is 0.167. The number of rotatable bonds is 8. The number of fused-ring (bicyclic) bond motifs is 1. The van der Waals surface area contributed by atoms with E-state index in [1.807, 2.05) is 11.5 Å².